The van der Waals surface area contributed by atoms with Crippen molar-refractivity contribution in [2.24, 2.45) is 0 Å². The van der Waals surface area contributed by atoms with E-state index in [1.807, 2.05) is 19.1 Å². The van der Waals surface area contributed by atoms with Crippen LogP contribution in [0, 0.1) is 6.92 Å². The van der Waals surface area contributed by atoms with Crippen molar-refractivity contribution >= 4 is 23.4 Å². The zero-order valence-corrected chi connectivity index (χ0v) is 10.7. The van der Waals surface area contributed by atoms with Crippen LogP contribution in [0.5, 0.6) is 0 Å². The number of aryl methyl sites for hydroxylation is 1. The number of Topliss-reactive ketones (excluding diaryl/α,β-unsaturated/α-hetero) is 1. The molecule has 0 aliphatic rings. The van der Waals surface area contributed by atoms with Crippen LogP contribution < -0.4 is 0 Å². The lowest BCUT2D eigenvalue weighted by atomic mass is 10.0. The van der Waals surface area contributed by atoms with Crippen molar-refractivity contribution in [3.63, 3.8) is 0 Å². The lowest BCUT2D eigenvalue weighted by Gasteiger charge is -2.08. The van der Waals surface area contributed by atoms with Crippen molar-refractivity contribution in [3.8, 4) is 0 Å². The molecule has 17 heavy (non-hydrogen) atoms. The van der Waals surface area contributed by atoms with Gasteiger partial charge in [0, 0.05) is 5.56 Å². The van der Waals surface area contributed by atoms with E-state index in [1.165, 1.54) is 0 Å². The molecule has 1 rings (SSSR count). The normalized spacial score (nSPS) is 11.9. The van der Waals surface area contributed by atoms with E-state index < -0.39 is 11.3 Å². The number of alkyl halides is 1. The second-order valence-electron chi connectivity index (χ2n) is 3.71. The minimum atomic E-state index is -0.864. The van der Waals surface area contributed by atoms with Crippen molar-refractivity contribution in [3.05, 3.63) is 35.4 Å². The van der Waals surface area contributed by atoms with E-state index in [0.717, 1.165) is 5.56 Å². The van der Waals surface area contributed by atoms with Crippen LogP contribution in [0.2, 0.25) is 0 Å². The minimum absolute atomic E-state index is 0.0951. The smallest absolute Gasteiger partial charge is 0.307 e. The van der Waals surface area contributed by atoms with E-state index >= 15 is 0 Å². The summed E-state index contributed by atoms with van der Waals surface area (Å²) in [6.07, 6.45) is -0.0951. The average Bonchev–Trinajstić information content (AvgIpc) is 2.29. The number of esters is 1. The summed E-state index contributed by atoms with van der Waals surface area (Å²) >= 11 is 5.89. The summed E-state index contributed by atoms with van der Waals surface area (Å²) in [5.41, 5.74) is 1.58. The molecule has 0 spiro atoms. The number of carbonyl (C=O) groups excluding carboxylic acids is 2. The van der Waals surface area contributed by atoms with Gasteiger partial charge in [-0.15, -0.1) is 11.6 Å². The zero-order chi connectivity index (χ0) is 12.8. The van der Waals surface area contributed by atoms with Gasteiger partial charge in [0.15, 0.2) is 5.78 Å². The fraction of sp³-hybridized carbons (Fsp3) is 0.385. The van der Waals surface area contributed by atoms with Crippen LogP contribution in [0.1, 0.15) is 29.3 Å². The first-order valence-electron chi connectivity index (χ1n) is 5.45. The molecule has 0 saturated heterocycles. The van der Waals surface area contributed by atoms with Crippen LogP contribution in [0.4, 0.5) is 0 Å². The van der Waals surface area contributed by atoms with Crippen molar-refractivity contribution < 1.29 is 14.3 Å². The summed E-state index contributed by atoms with van der Waals surface area (Å²) in [4.78, 5) is 23.0. The Kier molecular flexibility index (Phi) is 5.16. The van der Waals surface area contributed by atoms with Crippen LogP contribution in [-0.4, -0.2) is 23.7 Å². The highest BCUT2D eigenvalue weighted by atomic mass is 35.5. The Morgan fingerprint density at radius 2 is 1.88 bits per heavy atom. The fourth-order valence-electron chi connectivity index (χ4n) is 1.36. The third kappa shape index (κ3) is 4.19. The van der Waals surface area contributed by atoms with Crippen molar-refractivity contribution in [1.82, 2.24) is 0 Å². The fourth-order valence-corrected chi connectivity index (χ4v) is 1.61. The van der Waals surface area contributed by atoms with E-state index in [4.69, 9.17) is 16.3 Å². The maximum atomic E-state index is 11.9. The molecular formula is C13H15ClO3. The molecular weight excluding hydrogens is 240 g/mol. The van der Waals surface area contributed by atoms with Crippen LogP contribution in [-0.2, 0) is 9.53 Å². The number of carbonyl (C=O) groups is 2. The number of rotatable bonds is 5. The van der Waals surface area contributed by atoms with Gasteiger partial charge in [-0.25, -0.2) is 0 Å². The van der Waals surface area contributed by atoms with Gasteiger partial charge in [0.1, 0.15) is 5.38 Å². The molecule has 92 valence electrons. The summed E-state index contributed by atoms with van der Waals surface area (Å²) in [5.74, 6) is -0.701. The Bertz CT molecular complexity index is 398. The molecule has 3 nitrogen and oxygen atoms in total. The first kappa shape index (κ1) is 13.7. The first-order valence-corrected chi connectivity index (χ1v) is 5.88. The Morgan fingerprint density at radius 1 is 1.29 bits per heavy atom. The second-order valence-corrected chi connectivity index (χ2v) is 4.23. The zero-order valence-electron chi connectivity index (χ0n) is 9.90. The van der Waals surface area contributed by atoms with E-state index in [9.17, 15) is 9.59 Å². The number of halogens is 1. The van der Waals surface area contributed by atoms with Crippen molar-refractivity contribution in [2.75, 3.05) is 6.61 Å². The Balaban J connectivity index is 2.63. The molecule has 0 aliphatic carbocycles. The topological polar surface area (TPSA) is 43.4 Å². The lowest BCUT2D eigenvalue weighted by molar-refractivity contribution is -0.142. The second kappa shape index (κ2) is 6.40. The molecule has 0 fully saturated rings. The number of ether oxygens (including phenoxy) is 1. The molecule has 0 aliphatic heterocycles. The molecule has 0 radical (unpaired) electrons. The monoisotopic (exact) mass is 254 g/mol. The highest BCUT2D eigenvalue weighted by Gasteiger charge is 2.21. The third-order valence-corrected chi connectivity index (χ3v) is 2.62. The van der Waals surface area contributed by atoms with Gasteiger partial charge in [-0.3, -0.25) is 9.59 Å². The average molecular weight is 255 g/mol. The first-order chi connectivity index (χ1) is 8.04. The van der Waals surface area contributed by atoms with E-state index in [0.29, 0.717) is 12.2 Å². The lowest BCUT2D eigenvalue weighted by Crippen LogP contribution is -2.20. The summed E-state index contributed by atoms with van der Waals surface area (Å²) in [6.45, 7) is 3.94. The van der Waals surface area contributed by atoms with Gasteiger partial charge in [-0.1, -0.05) is 29.8 Å². The molecule has 1 aromatic rings. The molecule has 1 aromatic carbocycles. The SMILES string of the molecule is CCOC(=O)CC(Cl)C(=O)c1ccc(C)cc1. The highest BCUT2D eigenvalue weighted by Crippen LogP contribution is 2.13. The van der Waals surface area contributed by atoms with Gasteiger partial charge < -0.3 is 4.74 Å². The van der Waals surface area contributed by atoms with Crippen molar-refractivity contribution in [2.45, 2.75) is 25.6 Å². The maximum absolute atomic E-state index is 11.9. The van der Waals surface area contributed by atoms with Gasteiger partial charge in [-0.2, -0.15) is 0 Å². The maximum Gasteiger partial charge on any atom is 0.307 e. The van der Waals surface area contributed by atoms with Gasteiger partial charge in [0.2, 0.25) is 0 Å². The predicted octanol–water partition coefficient (Wildman–Crippen LogP) is 2.74. The summed E-state index contributed by atoms with van der Waals surface area (Å²) in [7, 11) is 0. The summed E-state index contributed by atoms with van der Waals surface area (Å²) in [5, 5.41) is -0.864. The third-order valence-electron chi connectivity index (χ3n) is 2.27. The number of hydrogen-bond donors (Lipinski definition) is 0. The molecule has 0 N–H and O–H groups in total. The molecule has 1 atom stereocenters. The largest absolute Gasteiger partial charge is 0.466 e. The Morgan fingerprint density at radius 3 is 2.41 bits per heavy atom. The van der Waals surface area contributed by atoms with Crippen LogP contribution in [0.3, 0.4) is 0 Å². The Hall–Kier alpha value is -1.35. The molecule has 0 saturated carbocycles. The van der Waals surface area contributed by atoms with E-state index in [2.05, 4.69) is 0 Å². The molecule has 1 unspecified atom stereocenters. The molecule has 0 amide bonds. The standard InChI is InChI=1S/C13H15ClO3/c1-3-17-12(15)8-11(14)13(16)10-6-4-9(2)5-7-10/h4-7,11H,3,8H2,1-2H3. The number of ketones is 1. The van der Waals surface area contributed by atoms with Crippen molar-refractivity contribution in [1.29, 1.82) is 0 Å². The van der Waals surface area contributed by atoms with Gasteiger partial charge in [-0.05, 0) is 13.8 Å². The van der Waals surface area contributed by atoms with E-state index in [-0.39, 0.29) is 12.2 Å². The summed E-state index contributed by atoms with van der Waals surface area (Å²) < 4.78 is 4.74. The number of hydrogen-bond acceptors (Lipinski definition) is 3. The van der Waals surface area contributed by atoms with Gasteiger partial charge in [0.25, 0.3) is 0 Å². The predicted molar refractivity (Wildman–Crippen MR) is 66.4 cm³/mol. The number of benzene rings is 1. The molecule has 4 heteroatoms. The molecule has 0 aromatic heterocycles. The molecule has 0 bridgehead atoms. The van der Waals surface area contributed by atoms with Crippen LogP contribution in [0.15, 0.2) is 24.3 Å². The highest BCUT2D eigenvalue weighted by molar-refractivity contribution is 6.34. The van der Waals surface area contributed by atoms with Crippen LogP contribution in [0.25, 0.3) is 0 Å². The minimum Gasteiger partial charge on any atom is -0.466 e. The summed E-state index contributed by atoms with van der Waals surface area (Å²) in [6, 6.07) is 7.08. The van der Waals surface area contributed by atoms with Gasteiger partial charge in [0.05, 0.1) is 13.0 Å². The van der Waals surface area contributed by atoms with Gasteiger partial charge >= 0.3 is 5.97 Å². The quantitative estimate of drug-likeness (QED) is 0.461. The Labute approximate surface area is 106 Å². The van der Waals surface area contributed by atoms with E-state index in [1.54, 1.807) is 19.1 Å². The van der Waals surface area contributed by atoms with Crippen LogP contribution >= 0.6 is 11.6 Å². The molecule has 0 heterocycles.